The van der Waals surface area contributed by atoms with E-state index in [-0.39, 0.29) is 12.5 Å². The lowest BCUT2D eigenvalue weighted by molar-refractivity contribution is -0.137. The lowest BCUT2D eigenvalue weighted by Gasteiger charge is -2.15. The summed E-state index contributed by atoms with van der Waals surface area (Å²) in [7, 11) is 0. The fourth-order valence-electron chi connectivity index (χ4n) is 2.20. The highest BCUT2D eigenvalue weighted by molar-refractivity contribution is 9.10. The quantitative estimate of drug-likeness (QED) is 0.876. The molecule has 1 aliphatic heterocycles. The third-order valence-corrected chi connectivity index (χ3v) is 3.54. The Morgan fingerprint density at radius 2 is 2.33 bits per heavy atom. The van der Waals surface area contributed by atoms with Crippen LogP contribution < -0.4 is 10.5 Å². The monoisotopic (exact) mass is 313 g/mol. The molecule has 1 atom stereocenters. The van der Waals surface area contributed by atoms with Gasteiger partial charge in [-0.1, -0.05) is 15.9 Å². The third kappa shape index (κ3) is 3.03. The van der Waals surface area contributed by atoms with Gasteiger partial charge in [0.2, 0.25) is 0 Å². The van der Waals surface area contributed by atoms with Gasteiger partial charge < -0.3 is 15.6 Å². The number of carboxylic acids is 1. The standard InChI is InChI=1S/C13H16BrNO3/c14-9-6-8-4-5-18-13(8)10(7-9)11(15)2-1-3-12(16)17/h6-7,11H,1-5,15H2,(H,16,17). The van der Waals surface area contributed by atoms with Crippen molar-refractivity contribution in [3.8, 4) is 5.75 Å². The molecule has 0 aromatic heterocycles. The molecule has 3 N–H and O–H groups in total. The van der Waals surface area contributed by atoms with E-state index in [9.17, 15) is 4.79 Å². The van der Waals surface area contributed by atoms with Gasteiger partial charge in [0.25, 0.3) is 0 Å². The van der Waals surface area contributed by atoms with Crippen LogP contribution in [-0.2, 0) is 11.2 Å². The number of fused-ring (bicyclic) bond motifs is 1. The van der Waals surface area contributed by atoms with Gasteiger partial charge in [-0.3, -0.25) is 4.79 Å². The van der Waals surface area contributed by atoms with Crippen molar-refractivity contribution >= 4 is 21.9 Å². The van der Waals surface area contributed by atoms with Crippen molar-refractivity contribution in [3.63, 3.8) is 0 Å². The zero-order valence-electron chi connectivity index (χ0n) is 9.99. The van der Waals surface area contributed by atoms with Crippen molar-refractivity contribution < 1.29 is 14.6 Å². The third-order valence-electron chi connectivity index (χ3n) is 3.08. The maximum Gasteiger partial charge on any atom is 0.303 e. The van der Waals surface area contributed by atoms with Crippen LogP contribution in [0.3, 0.4) is 0 Å². The van der Waals surface area contributed by atoms with Crippen LogP contribution in [0.25, 0.3) is 0 Å². The molecule has 1 aromatic rings. The largest absolute Gasteiger partial charge is 0.493 e. The van der Waals surface area contributed by atoms with Gasteiger partial charge in [0, 0.05) is 28.9 Å². The van der Waals surface area contributed by atoms with E-state index < -0.39 is 5.97 Å². The second-order valence-corrected chi connectivity index (χ2v) is 5.39. The number of hydrogen-bond acceptors (Lipinski definition) is 3. The predicted octanol–water partition coefficient (Wildman–Crippen LogP) is 2.64. The van der Waals surface area contributed by atoms with Crippen LogP contribution in [0.2, 0.25) is 0 Å². The van der Waals surface area contributed by atoms with E-state index in [1.165, 1.54) is 5.56 Å². The number of carbonyl (C=O) groups is 1. The van der Waals surface area contributed by atoms with Crippen molar-refractivity contribution in [2.45, 2.75) is 31.7 Å². The maximum absolute atomic E-state index is 10.5. The van der Waals surface area contributed by atoms with E-state index in [0.29, 0.717) is 19.4 Å². The van der Waals surface area contributed by atoms with Crippen molar-refractivity contribution in [2.75, 3.05) is 6.61 Å². The lowest BCUT2D eigenvalue weighted by Crippen LogP contribution is -2.12. The molecule has 4 nitrogen and oxygen atoms in total. The molecule has 2 rings (SSSR count). The molecular formula is C13H16BrNO3. The molecule has 5 heteroatoms. The summed E-state index contributed by atoms with van der Waals surface area (Å²) in [6.45, 7) is 0.695. The van der Waals surface area contributed by atoms with Crippen molar-refractivity contribution in [2.24, 2.45) is 5.73 Å². The van der Waals surface area contributed by atoms with Gasteiger partial charge in [-0.15, -0.1) is 0 Å². The minimum absolute atomic E-state index is 0.157. The second-order valence-electron chi connectivity index (χ2n) is 4.47. The number of benzene rings is 1. The van der Waals surface area contributed by atoms with E-state index in [2.05, 4.69) is 22.0 Å². The Kier molecular flexibility index (Phi) is 4.24. The Hall–Kier alpha value is -1.07. The highest BCUT2D eigenvalue weighted by atomic mass is 79.9. The summed E-state index contributed by atoms with van der Waals surface area (Å²) in [5, 5.41) is 8.62. The molecule has 0 saturated carbocycles. The van der Waals surface area contributed by atoms with Gasteiger partial charge in [-0.25, -0.2) is 0 Å². The molecule has 98 valence electrons. The fraction of sp³-hybridized carbons (Fsp3) is 0.462. The summed E-state index contributed by atoms with van der Waals surface area (Å²) in [5.74, 6) is 0.110. The van der Waals surface area contributed by atoms with Crippen molar-refractivity contribution in [3.05, 3.63) is 27.7 Å². The normalized spacial score (nSPS) is 15.0. The molecule has 1 aliphatic rings. The topological polar surface area (TPSA) is 72.6 Å². The number of halogens is 1. The maximum atomic E-state index is 10.5. The molecular weight excluding hydrogens is 298 g/mol. The number of rotatable bonds is 5. The van der Waals surface area contributed by atoms with Crippen LogP contribution in [-0.4, -0.2) is 17.7 Å². The van der Waals surface area contributed by atoms with E-state index in [1.54, 1.807) is 0 Å². The van der Waals surface area contributed by atoms with Crippen molar-refractivity contribution in [1.82, 2.24) is 0 Å². The van der Waals surface area contributed by atoms with Crippen LogP contribution >= 0.6 is 15.9 Å². The predicted molar refractivity (Wildman–Crippen MR) is 71.8 cm³/mol. The number of carboxylic acid groups (broad SMARTS) is 1. The number of hydrogen-bond donors (Lipinski definition) is 2. The van der Waals surface area contributed by atoms with Gasteiger partial charge in [0.1, 0.15) is 5.75 Å². The van der Waals surface area contributed by atoms with Gasteiger partial charge in [-0.05, 0) is 30.5 Å². The average Bonchev–Trinajstić information content (AvgIpc) is 2.74. The van der Waals surface area contributed by atoms with Crippen LogP contribution in [0, 0.1) is 0 Å². The first kappa shape index (κ1) is 13.4. The Bertz CT molecular complexity index is 462. The molecule has 0 amide bonds. The molecule has 0 aliphatic carbocycles. The fourth-order valence-corrected chi connectivity index (χ4v) is 2.73. The van der Waals surface area contributed by atoms with E-state index in [4.69, 9.17) is 15.6 Å². The Balaban J connectivity index is 2.10. The molecule has 0 bridgehead atoms. The average molecular weight is 314 g/mol. The van der Waals surface area contributed by atoms with Gasteiger partial charge in [0.15, 0.2) is 0 Å². The summed E-state index contributed by atoms with van der Waals surface area (Å²) in [6.07, 6.45) is 2.30. The lowest BCUT2D eigenvalue weighted by atomic mass is 9.98. The molecule has 1 unspecified atom stereocenters. The SMILES string of the molecule is NC(CCCC(=O)O)c1cc(Br)cc2c1OCC2. The molecule has 0 fully saturated rings. The van der Waals surface area contributed by atoms with Gasteiger partial charge in [-0.2, -0.15) is 0 Å². The molecule has 0 saturated heterocycles. The molecule has 1 aromatic carbocycles. The number of aliphatic carboxylic acids is 1. The zero-order chi connectivity index (χ0) is 13.1. The zero-order valence-corrected chi connectivity index (χ0v) is 11.6. The minimum atomic E-state index is -0.780. The highest BCUT2D eigenvalue weighted by Gasteiger charge is 2.21. The van der Waals surface area contributed by atoms with E-state index in [0.717, 1.165) is 22.2 Å². The summed E-state index contributed by atoms with van der Waals surface area (Å²) in [4.78, 5) is 10.5. The van der Waals surface area contributed by atoms with Gasteiger partial charge >= 0.3 is 5.97 Å². The first-order valence-electron chi connectivity index (χ1n) is 6.00. The Morgan fingerprint density at radius 3 is 3.06 bits per heavy atom. The van der Waals surface area contributed by atoms with Crippen molar-refractivity contribution in [1.29, 1.82) is 0 Å². The second kappa shape index (κ2) is 5.71. The summed E-state index contributed by atoms with van der Waals surface area (Å²) >= 11 is 3.47. The minimum Gasteiger partial charge on any atom is -0.493 e. The van der Waals surface area contributed by atoms with E-state index >= 15 is 0 Å². The molecule has 1 heterocycles. The van der Waals surface area contributed by atoms with E-state index in [1.807, 2.05) is 6.07 Å². The molecule has 0 spiro atoms. The summed E-state index contributed by atoms with van der Waals surface area (Å²) < 4.78 is 6.61. The first-order chi connectivity index (χ1) is 8.58. The van der Waals surface area contributed by atoms with Crippen LogP contribution in [0.5, 0.6) is 5.75 Å². The first-order valence-corrected chi connectivity index (χ1v) is 6.79. The Labute approximate surface area is 114 Å². The van der Waals surface area contributed by atoms with Crippen LogP contribution in [0.1, 0.15) is 36.4 Å². The van der Waals surface area contributed by atoms with Crippen LogP contribution in [0.4, 0.5) is 0 Å². The summed E-state index contributed by atoms with van der Waals surface area (Å²) in [5.41, 5.74) is 8.28. The Morgan fingerprint density at radius 1 is 1.56 bits per heavy atom. The van der Waals surface area contributed by atoms with Gasteiger partial charge in [0.05, 0.1) is 6.61 Å². The molecule has 0 radical (unpaired) electrons. The molecule has 18 heavy (non-hydrogen) atoms. The van der Waals surface area contributed by atoms with Crippen LogP contribution in [0.15, 0.2) is 16.6 Å². The smallest absolute Gasteiger partial charge is 0.303 e. The number of ether oxygens (including phenoxy) is 1. The number of nitrogens with two attached hydrogens (primary N) is 1. The summed E-state index contributed by atoms with van der Waals surface area (Å²) in [6, 6.07) is 3.85. The highest BCUT2D eigenvalue weighted by Crippen LogP contribution is 2.37.